The molecule has 1 aromatic carbocycles. The standard InChI is InChI=1S/C28H38O7/c1-14(2)11-19(21-25(34)16(12-29)24(33)17(13-30)26(21)35)28(6)10-9-20(32)23(28)22-18(27(22,4)5)8-7-15(3)31/h12-14,18-19,22-23,33-35H,7-11H2,1-6H3/t18-,19?,22-,23-,28-/m1/s1. The van der Waals surface area contributed by atoms with Gasteiger partial charge < -0.3 is 20.1 Å². The molecule has 0 aliphatic heterocycles. The zero-order valence-electron chi connectivity index (χ0n) is 21.6. The van der Waals surface area contributed by atoms with Gasteiger partial charge in [0, 0.05) is 24.3 Å². The molecule has 2 aliphatic rings. The number of Topliss-reactive ketones (excluding diaryl/α,β-unsaturated/α-hetero) is 2. The monoisotopic (exact) mass is 486 g/mol. The first kappa shape index (κ1) is 26.9. The number of phenols is 3. The van der Waals surface area contributed by atoms with E-state index in [1.54, 1.807) is 6.92 Å². The molecule has 0 saturated heterocycles. The predicted octanol–water partition coefficient (Wildman–Crippen LogP) is 5.18. The van der Waals surface area contributed by atoms with E-state index in [9.17, 15) is 34.5 Å². The minimum Gasteiger partial charge on any atom is -0.507 e. The van der Waals surface area contributed by atoms with E-state index in [2.05, 4.69) is 13.8 Å². The fraction of sp³-hybridized carbons (Fsp3) is 0.643. The molecule has 2 aliphatic carbocycles. The van der Waals surface area contributed by atoms with Crippen molar-refractivity contribution in [1.29, 1.82) is 0 Å². The van der Waals surface area contributed by atoms with Crippen molar-refractivity contribution < 1.29 is 34.5 Å². The summed E-state index contributed by atoms with van der Waals surface area (Å²) in [6, 6.07) is 0. The number of ketones is 2. The van der Waals surface area contributed by atoms with Crippen molar-refractivity contribution >= 4 is 24.1 Å². The van der Waals surface area contributed by atoms with Crippen LogP contribution in [-0.2, 0) is 9.59 Å². The number of aldehydes is 2. The molecule has 0 heterocycles. The Morgan fingerprint density at radius 3 is 2.03 bits per heavy atom. The first-order valence-corrected chi connectivity index (χ1v) is 12.5. The third-order valence-corrected chi connectivity index (χ3v) is 8.89. The Hall–Kier alpha value is -2.70. The smallest absolute Gasteiger partial charge is 0.157 e. The van der Waals surface area contributed by atoms with Crippen LogP contribution in [0.25, 0.3) is 0 Å². The molecule has 192 valence electrons. The zero-order valence-corrected chi connectivity index (χ0v) is 21.6. The van der Waals surface area contributed by atoms with Crippen LogP contribution in [0.5, 0.6) is 17.2 Å². The van der Waals surface area contributed by atoms with Crippen molar-refractivity contribution in [2.45, 2.75) is 79.6 Å². The second-order valence-corrected chi connectivity index (χ2v) is 11.8. The lowest BCUT2D eigenvalue weighted by molar-refractivity contribution is -0.123. The fourth-order valence-electron chi connectivity index (χ4n) is 6.94. The van der Waals surface area contributed by atoms with Crippen LogP contribution in [0.1, 0.15) is 106 Å². The molecule has 3 N–H and O–H groups in total. The molecule has 2 fully saturated rings. The van der Waals surface area contributed by atoms with Crippen LogP contribution in [0.15, 0.2) is 0 Å². The van der Waals surface area contributed by atoms with Gasteiger partial charge in [-0.3, -0.25) is 14.4 Å². The summed E-state index contributed by atoms with van der Waals surface area (Å²) in [5.74, 6) is -2.13. The van der Waals surface area contributed by atoms with Crippen molar-refractivity contribution in [2.24, 2.45) is 34.5 Å². The lowest BCUT2D eigenvalue weighted by atomic mass is 9.62. The van der Waals surface area contributed by atoms with Crippen molar-refractivity contribution in [2.75, 3.05) is 0 Å². The van der Waals surface area contributed by atoms with Crippen molar-refractivity contribution in [3.8, 4) is 17.2 Å². The summed E-state index contributed by atoms with van der Waals surface area (Å²) in [6.07, 6.45) is 3.11. The van der Waals surface area contributed by atoms with Crippen LogP contribution in [0.4, 0.5) is 0 Å². The van der Waals surface area contributed by atoms with Gasteiger partial charge in [-0.15, -0.1) is 0 Å². The van der Waals surface area contributed by atoms with Gasteiger partial charge in [0.15, 0.2) is 12.6 Å². The summed E-state index contributed by atoms with van der Waals surface area (Å²) >= 11 is 0. The van der Waals surface area contributed by atoms with Crippen molar-refractivity contribution in [1.82, 2.24) is 0 Å². The second-order valence-electron chi connectivity index (χ2n) is 11.8. The van der Waals surface area contributed by atoms with Gasteiger partial charge in [0.1, 0.15) is 28.8 Å². The van der Waals surface area contributed by atoms with Crippen LogP contribution in [0.2, 0.25) is 0 Å². The molecule has 0 amide bonds. The van der Waals surface area contributed by atoms with E-state index in [1.165, 1.54) is 0 Å². The minimum absolute atomic E-state index is 0.0432. The first-order chi connectivity index (χ1) is 16.2. The molecule has 0 spiro atoms. The number of phenolic OH excluding ortho intramolecular Hbond substituents is 3. The van der Waals surface area contributed by atoms with Gasteiger partial charge >= 0.3 is 0 Å². The van der Waals surface area contributed by atoms with Crippen LogP contribution in [0, 0.1) is 34.5 Å². The summed E-state index contributed by atoms with van der Waals surface area (Å²) in [7, 11) is 0. The molecule has 2 saturated carbocycles. The average molecular weight is 487 g/mol. The van der Waals surface area contributed by atoms with Gasteiger partial charge in [0.2, 0.25) is 0 Å². The lowest BCUT2D eigenvalue weighted by Gasteiger charge is -2.41. The molecular formula is C28H38O7. The van der Waals surface area contributed by atoms with Gasteiger partial charge in [0.05, 0.1) is 11.1 Å². The van der Waals surface area contributed by atoms with E-state index in [0.717, 1.165) is 0 Å². The molecule has 3 rings (SSSR count). The Bertz CT molecular complexity index is 1020. The van der Waals surface area contributed by atoms with Gasteiger partial charge in [-0.25, -0.2) is 0 Å². The summed E-state index contributed by atoms with van der Waals surface area (Å²) in [6.45, 7) is 11.8. The molecular weight excluding hydrogens is 448 g/mol. The maximum Gasteiger partial charge on any atom is 0.157 e. The minimum atomic E-state index is -0.756. The van der Waals surface area contributed by atoms with E-state index in [0.29, 0.717) is 32.1 Å². The maximum absolute atomic E-state index is 13.4. The molecule has 7 nitrogen and oxygen atoms in total. The highest BCUT2D eigenvalue weighted by Crippen LogP contribution is 2.71. The predicted molar refractivity (Wildman–Crippen MR) is 131 cm³/mol. The molecule has 1 aromatic rings. The number of hydrogen-bond acceptors (Lipinski definition) is 7. The fourth-order valence-corrected chi connectivity index (χ4v) is 6.94. The quantitative estimate of drug-likeness (QED) is 0.388. The van der Waals surface area contributed by atoms with E-state index < -0.39 is 39.7 Å². The Morgan fingerprint density at radius 1 is 1.03 bits per heavy atom. The summed E-state index contributed by atoms with van der Waals surface area (Å²) in [5, 5.41) is 32.4. The highest BCUT2D eigenvalue weighted by Gasteiger charge is 2.67. The van der Waals surface area contributed by atoms with Gasteiger partial charge in [-0.05, 0) is 60.7 Å². The Kier molecular flexibility index (Phi) is 7.22. The van der Waals surface area contributed by atoms with Crippen LogP contribution < -0.4 is 0 Å². The summed E-state index contributed by atoms with van der Waals surface area (Å²) in [4.78, 5) is 48.5. The molecule has 7 heteroatoms. The second kappa shape index (κ2) is 9.40. The summed E-state index contributed by atoms with van der Waals surface area (Å²) < 4.78 is 0. The molecule has 1 unspecified atom stereocenters. The highest BCUT2D eigenvalue weighted by molar-refractivity contribution is 5.95. The van der Waals surface area contributed by atoms with Crippen LogP contribution >= 0.6 is 0 Å². The first-order valence-electron chi connectivity index (χ1n) is 12.5. The lowest BCUT2D eigenvalue weighted by Crippen LogP contribution is -2.36. The largest absolute Gasteiger partial charge is 0.507 e. The van der Waals surface area contributed by atoms with Crippen molar-refractivity contribution in [3.05, 3.63) is 16.7 Å². The van der Waals surface area contributed by atoms with Crippen LogP contribution in [-0.4, -0.2) is 39.5 Å². The number of hydrogen-bond donors (Lipinski definition) is 3. The topological polar surface area (TPSA) is 129 Å². The molecule has 0 bridgehead atoms. The number of carbonyl (C=O) groups is 4. The number of aromatic hydroxyl groups is 3. The Labute approximate surface area is 206 Å². The number of benzene rings is 1. The zero-order chi connectivity index (χ0) is 26.5. The van der Waals surface area contributed by atoms with Gasteiger partial charge in [-0.1, -0.05) is 34.6 Å². The molecule has 35 heavy (non-hydrogen) atoms. The SMILES string of the molecule is CC(=O)CC[C@@H]1[C@H]([C@H]2C(=O)CC[C@]2(C)C(CC(C)C)c2c(O)c(C=O)c(O)c(C=O)c2O)C1(C)C. The Balaban J connectivity index is 2.18. The van der Waals surface area contributed by atoms with E-state index >= 15 is 0 Å². The summed E-state index contributed by atoms with van der Waals surface area (Å²) in [5.41, 5.74) is -1.64. The third-order valence-electron chi connectivity index (χ3n) is 8.89. The van der Waals surface area contributed by atoms with E-state index in [-0.39, 0.29) is 58.8 Å². The maximum atomic E-state index is 13.4. The number of rotatable bonds is 10. The van der Waals surface area contributed by atoms with E-state index in [1.807, 2.05) is 20.8 Å². The normalized spacial score (nSPS) is 28.2. The average Bonchev–Trinajstić information content (AvgIpc) is 3.14. The van der Waals surface area contributed by atoms with Crippen molar-refractivity contribution in [3.63, 3.8) is 0 Å². The van der Waals surface area contributed by atoms with Gasteiger partial charge in [0.25, 0.3) is 0 Å². The number of carbonyl (C=O) groups excluding carboxylic acids is 4. The molecule has 0 aromatic heterocycles. The molecule has 0 radical (unpaired) electrons. The van der Waals surface area contributed by atoms with Gasteiger partial charge in [-0.2, -0.15) is 0 Å². The van der Waals surface area contributed by atoms with E-state index in [4.69, 9.17) is 0 Å². The van der Waals surface area contributed by atoms with Crippen LogP contribution in [0.3, 0.4) is 0 Å². The highest BCUT2D eigenvalue weighted by atomic mass is 16.3. The Morgan fingerprint density at radius 2 is 1.57 bits per heavy atom. The molecule has 5 atom stereocenters. The third kappa shape index (κ3) is 4.38.